The lowest BCUT2D eigenvalue weighted by molar-refractivity contribution is 1.07. The van der Waals surface area contributed by atoms with Gasteiger partial charge in [0.2, 0.25) is 0 Å². The third kappa shape index (κ3) is 1.79. The van der Waals surface area contributed by atoms with E-state index in [9.17, 15) is 0 Å². The summed E-state index contributed by atoms with van der Waals surface area (Å²) in [4.78, 5) is 4.65. The van der Waals surface area contributed by atoms with E-state index < -0.39 is 0 Å². The topological polar surface area (TPSA) is 17.3 Å². The highest BCUT2D eigenvalue weighted by Gasteiger charge is 2.12. The van der Waals surface area contributed by atoms with E-state index in [0.717, 1.165) is 28.5 Å². The van der Waals surface area contributed by atoms with Crippen molar-refractivity contribution in [1.29, 1.82) is 0 Å². The first-order valence-electron chi connectivity index (χ1n) is 6.01. The number of imidazole rings is 1. The van der Waals surface area contributed by atoms with E-state index in [2.05, 4.69) is 28.4 Å². The van der Waals surface area contributed by atoms with Crippen LogP contribution in [0.5, 0.6) is 0 Å². The predicted octanol–water partition coefficient (Wildman–Crippen LogP) is 4.22. The van der Waals surface area contributed by atoms with Gasteiger partial charge in [-0.25, -0.2) is 4.98 Å². The number of nitrogens with zero attached hydrogens (tertiary/aromatic N) is 2. The van der Waals surface area contributed by atoms with Crippen molar-refractivity contribution in [2.45, 2.75) is 13.3 Å². The summed E-state index contributed by atoms with van der Waals surface area (Å²) in [5.41, 5.74) is 4.35. The van der Waals surface area contributed by atoms with Crippen LogP contribution in [0.25, 0.3) is 16.9 Å². The number of halogens is 1. The number of hydrogen-bond donors (Lipinski definition) is 0. The van der Waals surface area contributed by atoms with Gasteiger partial charge in [0.25, 0.3) is 0 Å². The van der Waals surface area contributed by atoms with Gasteiger partial charge in [0.05, 0.1) is 16.4 Å². The van der Waals surface area contributed by atoms with Crippen LogP contribution in [0.15, 0.2) is 48.7 Å². The normalized spacial score (nSPS) is 11.0. The molecule has 0 saturated heterocycles. The number of aryl methyl sites for hydroxylation is 1. The molecular formula is C15H13ClN2. The number of fused-ring (bicyclic) bond motifs is 1. The highest BCUT2D eigenvalue weighted by atomic mass is 35.5. The Morgan fingerprint density at radius 3 is 2.61 bits per heavy atom. The summed E-state index contributed by atoms with van der Waals surface area (Å²) >= 11 is 6.08. The molecule has 0 amide bonds. The lowest BCUT2D eigenvalue weighted by Crippen LogP contribution is -1.90. The highest BCUT2D eigenvalue weighted by Crippen LogP contribution is 2.26. The second-order valence-electron chi connectivity index (χ2n) is 4.20. The summed E-state index contributed by atoms with van der Waals surface area (Å²) in [5, 5.41) is 0.722. The van der Waals surface area contributed by atoms with Crippen molar-refractivity contribution in [3.63, 3.8) is 0 Å². The molecule has 0 fully saturated rings. The largest absolute Gasteiger partial charge is 0.298 e. The van der Waals surface area contributed by atoms with E-state index in [1.807, 2.05) is 36.5 Å². The minimum absolute atomic E-state index is 0.722. The Hall–Kier alpha value is -1.80. The third-order valence-electron chi connectivity index (χ3n) is 3.04. The van der Waals surface area contributed by atoms with Gasteiger partial charge in [-0.15, -0.1) is 0 Å². The molecule has 2 heterocycles. The quantitative estimate of drug-likeness (QED) is 0.671. The standard InChI is InChI=1S/C15H13ClN2/c1-2-13-15(11-6-4-3-5-7-11)18-10-12(16)8-9-14(18)17-13/h3-10H,2H2,1H3. The van der Waals surface area contributed by atoms with Crippen molar-refractivity contribution >= 4 is 17.2 Å². The van der Waals surface area contributed by atoms with Crippen LogP contribution in [0.3, 0.4) is 0 Å². The second-order valence-corrected chi connectivity index (χ2v) is 4.64. The molecule has 3 aromatic rings. The summed E-state index contributed by atoms with van der Waals surface area (Å²) in [6, 6.07) is 14.1. The number of aromatic nitrogens is 2. The molecule has 0 aliphatic carbocycles. The summed E-state index contributed by atoms with van der Waals surface area (Å²) in [7, 11) is 0. The lowest BCUT2D eigenvalue weighted by atomic mass is 10.1. The van der Waals surface area contributed by atoms with Gasteiger partial charge in [-0.05, 0) is 18.6 Å². The zero-order valence-electron chi connectivity index (χ0n) is 10.1. The van der Waals surface area contributed by atoms with E-state index in [1.165, 1.54) is 5.56 Å². The van der Waals surface area contributed by atoms with Crippen molar-refractivity contribution in [3.8, 4) is 11.3 Å². The molecule has 3 heteroatoms. The van der Waals surface area contributed by atoms with E-state index in [4.69, 9.17) is 11.6 Å². The Morgan fingerprint density at radius 1 is 1.11 bits per heavy atom. The van der Waals surface area contributed by atoms with E-state index in [0.29, 0.717) is 0 Å². The van der Waals surface area contributed by atoms with E-state index in [-0.39, 0.29) is 0 Å². The zero-order chi connectivity index (χ0) is 12.5. The number of pyridine rings is 1. The van der Waals surface area contributed by atoms with Crippen molar-refractivity contribution in [1.82, 2.24) is 9.38 Å². The van der Waals surface area contributed by atoms with Gasteiger partial charge >= 0.3 is 0 Å². The fourth-order valence-electron chi connectivity index (χ4n) is 2.22. The summed E-state index contributed by atoms with van der Waals surface area (Å²) in [6.45, 7) is 2.12. The van der Waals surface area contributed by atoms with Gasteiger partial charge in [0, 0.05) is 11.8 Å². The van der Waals surface area contributed by atoms with Gasteiger partial charge in [-0.3, -0.25) is 4.40 Å². The zero-order valence-corrected chi connectivity index (χ0v) is 10.9. The van der Waals surface area contributed by atoms with Crippen LogP contribution in [0, 0.1) is 0 Å². The molecule has 0 saturated carbocycles. The molecule has 2 aromatic heterocycles. The Labute approximate surface area is 111 Å². The minimum atomic E-state index is 0.722. The van der Waals surface area contributed by atoms with Crippen molar-refractivity contribution in [2.24, 2.45) is 0 Å². The molecule has 2 nitrogen and oxygen atoms in total. The minimum Gasteiger partial charge on any atom is -0.298 e. The molecular weight excluding hydrogens is 244 g/mol. The van der Waals surface area contributed by atoms with Crippen molar-refractivity contribution < 1.29 is 0 Å². The summed E-state index contributed by atoms with van der Waals surface area (Å²) < 4.78 is 2.07. The maximum atomic E-state index is 6.08. The van der Waals surface area contributed by atoms with Crippen molar-refractivity contribution in [3.05, 3.63) is 59.4 Å². The molecule has 0 unspecified atom stereocenters. The average molecular weight is 257 g/mol. The maximum absolute atomic E-state index is 6.08. The second kappa shape index (κ2) is 4.46. The van der Waals surface area contributed by atoms with Gasteiger partial charge < -0.3 is 0 Å². The average Bonchev–Trinajstić information content (AvgIpc) is 2.77. The van der Waals surface area contributed by atoms with Crippen LogP contribution in [-0.2, 0) is 6.42 Å². The third-order valence-corrected chi connectivity index (χ3v) is 3.26. The molecule has 0 aliphatic rings. The Morgan fingerprint density at radius 2 is 1.89 bits per heavy atom. The van der Waals surface area contributed by atoms with Gasteiger partial charge in [-0.1, -0.05) is 48.9 Å². The first-order valence-corrected chi connectivity index (χ1v) is 6.39. The highest BCUT2D eigenvalue weighted by molar-refractivity contribution is 6.30. The van der Waals surface area contributed by atoms with Crippen LogP contribution in [-0.4, -0.2) is 9.38 Å². The van der Waals surface area contributed by atoms with E-state index in [1.54, 1.807) is 0 Å². The van der Waals surface area contributed by atoms with Gasteiger partial charge in [0.15, 0.2) is 0 Å². The molecule has 3 rings (SSSR count). The van der Waals surface area contributed by atoms with Crippen LogP contribution in [0.1, 0.15) is 12.6 Å². The fourth-order valence-corrected chi connectivity index (χ4v) is 2.38. The maximum Gasteiger partial charge on any atom is 0.137 e. The van der Waals surface area contributed by atoms with Crippen LogP contribution in [0.2, 0.25) is 5.02 Å². The number of hydrogen-bond acceptors (Lipinski definition) is 1. The summed E-state index contributed by atoms with van der Waals surface area (Å²) in [5.74, 6) is 0. The van der Waals surface area contributed by atoms with E-state index >= 15 is 0 Å². The smallest absolute Gasteiger partial charge is 0.137 e. The molecule has 1 aromatic carbocycles. The molecule has 0 bridgehead atoms. The molecule has 0 atom stereocenters. The van der Waals surface area contributed by atoms with Gasteiger partial charge in [0.1, 0.15) is 5.65 Å². The van der Waals surface area contributed by atoms with Gasteiger partial charge in [-0.2, -0.15) is 0 Å². The molecule has 0 aliphatic heterocycles. The first kappa shape index (κ1) is 11.3. The molecule has 90 valence electrons. The molecule has 0 N–H and O–H groups in total. The Bertz CT molecular complexity index is 686. The molecule has 0 spiro atoms. The molecule has 18 heavy (non-hydrogen) atoms. The number of rotatable bonds is 2. The molecule has 0 radical (unpaired) electrons. The van der Waals surface area contributed by atoms with Crippen molar-refractivity contribution in [2.75, 3.05) is 0 Å². The lowest BCUT2D eigenvalue weighted by Gasteiger charge is -2.04. The monoisotopic (exact) mass is 256 g/mol. The van der Waals surface area contributed by atoms with Crippen LogP contribution >= 0.6 is 11.6 Å². The SMILES string of the molecule is CCc1nc2ccc(Cl)cn2c1-c1ccccc1. The predicted molar refractivity (Wildman–Crippen MR) is 75.0 cm³/mol. The fraction of sp³-hybridized carbons (Fsp3) is 0.133. The Kier molecular flexibility index (Phi) is 2.80. The Balaban J connectivity index is 2.35. The number of benzene rings is 1. The van der Waals surface area contributed by atoms with Crippen LogP contribution < -0.4 is 0 Å². The first-order chi connectivity index (χ1) is 8.79. The summed E-state index contributed by atoms with van der Waals surface area (Å²) in [6.07, 6.45) is 2.83. The van der Waals surface area contributed by atoms with Crippen LogP contribution in [0.4, 0.5) is 0 Å².